The van der Waals surface area contributed by atoms with E-state index in [1.165, 1.54) is 0 Å². The molecule has 0 spiro atoms. The van der Waals surface area contributed by atoms with Gasteiger partial charge in [0, 0.05) is 25.7 Å². The van der Waals surface area contributed by atoms with Crippen molar-refractivity contribution in [1.82, 2.24) is 0 Å². The maximum Gasteiger partial charge on any atom is 0.134 e. The molecule has 0 saturated heterocycles. The number of furan rings is 1. The lowest BCUT2D eigenvalue weighted by molar-refractivity contribution is -0.119. The van der Waals surface area contributed by atoms with Gasteiger partial charge in [0.05, 0.1) is 6.26 Å². The van der Waals surface area contributed by atoms with Gasteiger partial charge in [0.25, 0.3) is 0 Å². The SMILES string of the molecule is CC#CCCC(=O)CCc1ccco1. The van der Waals surface area contributed by atoms with Crippen LogP contribution in [0.3, 0.4) is 0 Å². The van der Waals surface area contributed by atoms with Crippen LogP contribution in [0.4, 0.5) is 0 Å². The number of hydrogen-bond donors (Lipinski definition) is 0. The lowest BCUT2D eigenvalue weighted by atomic mass is 10.1. The van der Waals surface area contributed by atoms with Crippen LogP contribution >= 0.6 is 0 Å². The molecule has 0 aliphatic rings. The third-order valence-corrected chi connectivity index (χ3v) is 1.94. The highest BCUT2D eigenvalue weighted by Gasteiger charge is 2.02. The van der Waals surface area contributed by atoms with Crippen LogP contribution in [-0.2, 0) is 11.2 Å². The molecule has 0 atom stereocenters. The first-order chi connectivity index (χ1) is 6.83. The van der Waals surface area contributed by atoms with Gasteiger partial charge in [-0.05, 0) is 19.1 Å². The van der Waals surface area contributed by atoms with Crippen molar-refractivity contribution >= 4 is 5.78 Å². The number of hydrogen-bond acceptors (Lipinski definition) is 2. The van der Waals surface area contributed by atoms with Crippen molar-refractivity contribution in [3.05, 3.63) is 24.2 Å². The van der Waals surface area contributed by atoms with Crippen molar-refractivity contribution in [2.24, 2.45) is 0 Å². The zero-order chi connectivity index (χ0) is 10.2. The van der Waals surface area contributed by atoms with Gasteiger partial charge in [-0.2, -0.15) is 0 Å². The summed E-state index contributed by atoms with van der Waals surface area (Å²) in [6.07, 6.45) is 4.11. The van der Waals surface area contributed by atoms with E-state index < -0.39 is 0 Å². The minimum atomic E-state index is 0.254. The Morgan fingerprint density at radius 3 is 3.00 bits per heavy atom. The van der Waals surface area contributed by atoms with Crippen molar-refractivity contribution in [3.63, 3.8) is 0 Å². The zero-order valence-electron chi connectivity index (χ0n) is 8.38. The van der Waals surface area contributed by atoms with Crippen molar-refractivity contribution in [2.45, 2.75) is 32.6 Å². The number of Topliss-reactive ketones (excluding diaryl/α,β-unsaturated/α-hetero) is 1. The van der Waals surface area contributed by atoms with Crippen molar-refractivity contribution < 1.29 is 9.21 Å². The summed E-state index contributed by atoms with van der Waals surface area (Å²) in [4.78, 5) is 11.3. The normalized spacial score (nSPS) is 9.21. The molecule has 0 unspecified atom stereocenters. The molecule has 14 heavy (non-hydrogen) atoms. The quantitative estimate of drug-likeness (QED) is 0.668. The summed E-state index contributed by atoms with van der Waals surface area (Å²) < 4.78 is 5.13. The minimum absolute atomic E-state index is 0.254. The van der Waals surface area contributed by atoms with Gasteiger partial charge >= 0.3 is 0 Å². The summed E-state index contributed by atoms with van der Waals surface area (Å²) >= 11 is 0. The Labute approximate surface area is 84.3 Å². The van der Waals surface area contributed by atoms with Crippen LogP contribution in [0.1, 0.15) is 31.9 Å². The molecule has 0 aliphatic heterocycles. The molecule has 0 radical (unpaired) electrons. The summed E-state index contributed by atoms with van der Waals surface area (Å²) in [5.41, 5.74) is 0. The molecule has 74 valence electrons. The van der Waals surface area contributed by atoms with Crippen molar-refractivity contribution in [3.8, 4) is 11.8 Å². The fourth-order valence-electron chi connectivity index (χ4n) is 1.17. The molecule has 0 aliphatic carbocycles. The Bertz CT molecular complexity index is 325. The standard InChI is InChI=1S/C12H14O2/c1-2-3-4-6-11(13)8-9-12-7-5-10-14-12/h5,7,10H,4,6,8-9H2,1H3. The minimum Gasteiger partial charge on any atom is -0.469 e. The fraction of sp³-hybridized carbons (Fsp3) is 0.417. The molecule has 0 bridgehead atoms. The predicted molar refractivity (Wildman–Crippen MR) is 54.7 cm³/mol. The van der Waals surface area contributed by atoms with Gasteiger partial charge in [0.1, 0.15) is 11.5 Å². The molecule has 2 nitrogen and oxygen atoms in total. The first-order valence-corrected chi connectivity index (χ1v) is 4.76. The van der Waals surface area contributed by atoms with Crippen LogP contribution < -0.4 is 0 Å². The highest BCUT2D eigenvalue weighted by Crippen LogP contribution is 2.05. The van der Waals surface area contributed by atoms with Crippen molar-refractivity contribution in [2.75, 3.05) is 0 Å². The van der Waals surface area contributed by atoms with Gasteiger partial charge in [-0.1, -0.05) is 0 Å². The molecule has 0 saturated carbocycles. The first kappa shape index (κ1) is 10.6. The number of rotatable bonds is 5. The summed E-state index contributed by atoms with van der Waals surface area (Å²) in [6, 6.07) is 3.72. The Kier molecular flexibility index (Phi) is 4.57. The molecule has 1 aromatic rings. The third kappa shape index (κ3) is 3.95. The molecule has 0 N–H and O–H groups in total. The van der Waals surface area contributed by atoms with Crippen LogP contribution in [0.25, 0.3) is 0 Å². The number of carbonyl (C=O) groups excluding carboxylic acids is 1. The van der Waals surface area contributed by atoms with E-state index in [-0.39, 0.29) is 5.78 Å². The zero-order valence-corrected chi connectivity index (χ0v) is 8.38. The summed E-state index contributed by atoms with van der Waals surface area (Å²) in [5, 5.41) is 0. The topological polar surface area (TPSA) is 30.2 Å². The third-order valence-electron chi connectivity index (χ3n) is 1.94. The Balaban J connectivity index is 2.17. The predicted octanol–water partition coefficient (Wildman–Crippen LogP) is 2.58. The van der Waals surface area contributed by atoms with Gasteiger partial charge in [0.2, 0.25) is 0 Å². The van der Waals surface area contributed by atoms with Gasteiger partial charge in [-0.3, -0.25) is 4.79 Å². The summed E-state index contributed by atoms with van der Waals surface area (Å²) in [7, 11) is 0. The van der Waals surface area contributed by atoms with E-state index >= 15 is 0 Å². The Hall–Kier alpha value is -1.49. The van der Waals surface area contributed by atoms with E-state index in [9.17, 15) is 4.79 Å². The number of aryl methyl sites for hydroxylation is 1. The van der Waals surface area contributed by atoms with E-state index in [2.05, 4.69) is 11.8 Å². The largest absolute Gasteiger partial charge is 0.469 e. The average molecular weight is 190 g/mol. The molecule has 2 heteroatoms. The second kappa shape index (κ2) is 6.04. The molecule has 1 rings (SSSR count). The first-order valence-electron chi connectivity index (χ1n) is 4.76. The fourth-order valence-corrected chi connectivity index (χ4v) is 1.17. The van der Waals surface area contributed by atoms with Crippen molar-refractivity contribution in [1.29, 1.82) is 0 Å². The van der Waals surface area contributed by atoms with E-state index in [0.717, 1.165) is 5.76 Å². The summed E-state index contributed by atoms with van der Waals surface area (Å²) in [6.45, 7) is 1.79. The van der Waals surface area contributed by atoms with Crippen LogP contribution in [0.2, 0.25) is 0 Å². The highest BCUT2D eigenvalue weighted by molar-refractivity contribution is 5.78. The molecule has 1 aromatic heterocycles. The van der Waals surface area contributed by atoms with E-state index in [4.69, 9.17) is 4.42 Å². The second-order valence-electron chi connectivity index (χ2n) is 3.04. The average Bonchev–Trinajstić information content (AvgIpc) is 2.68. The molecular weight excluding hydrogens is 176 g/mol. The van der Waals surface area contributed by atoms with E-state index in [1.807, 2.05) is 12.1 Å². The van der Waals surface area contributed by atoms with Gasteiger partial charge < -0.3 is 4.42 Å². The second-order valence-corrected chi connectivity index (χ2v) is 3.04. The summed E-state index contributed by atoms with van der Waals surface area (Å²) in [5.74, 6) is 6.78. The van der Waals surface area contributed by atoms with Gasteiger partial charge in [0.15, 0.2) is 0 Å². The molecular formula is C12H14O2. The van der Waals surface area contributed by atoms with E-state index in [0.29, 0.717) is 25.7 Å². The number of carbonyl (C=O) groups is 1. The molecule has 0 amide bonds. The smallest absolute Gasteiger partial charge is 0.134 e. The monoisotopic (exact) mass is 190 g/mol. The van der Waals surface area contributed by atoms with E-state index in [1.54, 1.807) is 13.2 Å². The van der Waals surface area contributed by atoms with Crippen LogP contribution in [0.15, 0.2) is 22.8 Å². The molecule has 0 fully saturated rings. The number of ketones is 1. The van der Waals surface area contributed by atoms with Crippen LogP contribution in [0, 0.1) is 11.8 Å². The lowest BCUT2D eigenvalue weighted by Gasteiger charge is -1.95. The Morgan fingerprint density at radius 1 is 1.50 bits per heavy atom. The van der Waals surface area contributed by atoms with Crippen LogP contribution in [-0.4, -0.2) is 5.78 Å². The maximum atomic E-state index is 11.3. The van der Waals surface area contributed by atoms with Crippen LogP contribution in [0.5, 0.6) is 0 Å². The van der Waals surface area contributed by atoms with Gasteiger partial charge in [-0.25, -0.2) is 0 Å². The molecule has 0 aromatic carbocycles. The maximum absolute atomic E-state index is 11.3. The highest BCUT2D eigenvalue weighted by atomic mass is 16.3. The van der Waals surface area contributed by atoms with Gasteiger partial charge in [-0.15, -0.1) is 11.8 Å². The molecule has 1 heterocycles. The lowest BCUT2D eigenvalue weighted by Crippen LogP contribution is -1.98. The Morgan fingerprint density at radius 2 is 2.36 bits per heavy atom.